The largest absolute Gasteiger partial charge is 0.479 e. The lowest BCUT2D eigenvalue weighted by Crippen LogP contribution is -2.29. The van der Waals surface area contributed by atoms with E-state index in [4.69, 9.17) is 10.2 Å². The van der Waals surface area contributed by atoms with E-state index >= 15 is 0 Å². The van der Waals surface area contributed by atoms with Gasteiger partial charge in [-0.1, -0.05) is 19.9 Å². The molecular formula is C9H14O6. The van der Waals surface area contributed by atoms with Gasteiger partial charge in [-0.2, -0.15) is 0 Å². The van der Waals surface area contributed by atoms with Crippen molar-refractivity contribution in [3.63, 3.8) is 0 Å². The standard InChI is InChI=1S/C9H14O6/c1-3-4-5-14-15-7(9(12)13)6(2)8(10)11/h7H,2-5H2,1H3,(H,10,11)(H,12,13). The van der Waals surface area contributed by atoms with Gasteiger partial charge >= 0.3 is 11.9 Å². The number of aliphatic carboxylic acids is 2. The van der Waals surface area contributed by atoms with E-state index in [0.717, 1.165) is 6.42 Å². The lowest BCUT2D eigenvalue weighted by molar-refractivity contribution is -0.312. The quantitative estimate of drug-likeness (QED) is 0.271. The van der Waals surface area contributed by atoms with Gasteiger partial charge in [0, 0.05) is 0 Å². The molecule has 15 heavy (non-hydrogen) atoms. The molecule has 0 radical (unpaired) electrons. The summed E-state index contributed by atoms with van der Waals surface area (Å²) >= 11 is 0. The third-order valence-electron chi connectivity index (χ3n) is 1.56. The lowest BCUT2D eigenvalue weighted by Gasteiger charge is -2.11. The molecular weight excluding hydrogens is 204 g/mol. The summed E-state index contributed by atoms with van der Waals surface area (Å²) in [6, 6.07) is 0. The average molecular weight is 218 g/mol. The Kier molecular flexibility index (Phi) is 6.32. The van der Waals surface area contributed by atoms with E-state index in [1.165, 1.54) is 0 Å². The van der Waals surface area contributed by atoms with Crippen LogP contribution in [0.2, 0.25) is 0 Å². The van der Waals surface area contributed by atoms with Crippen molar-refractivity contribution in [3.05, 3.63) is 12.2 Å². The van der Waals surface area contributed by atoms with Crippen molar-refractivity contribution in [2.75, 3.05) is 6.61 Å². The molecule has 0 aliphatic carbocycles. The minimum atomic E-state index is -1.67. The zero-order valence-electron chi connectivity index (χ0n) is 8.43. The highest BCUT2D eigenvalue weighted by molar-refractivity contribution is 5.94. The van der Waals surface area contributed by atoms with Gasteiger partial charge in [0.2, 0.25) is 6.10 Å². The third-order valence-corrected chi connectivity index (χ3v) is 1.56. The number of carboxylic acids is 2. The molecule has 0 aromatic heterocycles. The molecule has 6 heteroatoms. The Morgan fingerprint density at radius 3 is 2.40 bits per heavy atom. The zero-order valence-corrected chi connectivity index (χ0v) is 8.43. The molecule has 0 aliphatic heterocycles. The van der Waals surface area contributed by atoms with Crippen molar-refractivity contribution in [1.29, 1.82) is 0 Å². The molecule has 86 valence electrons. The van der Waals surface area contributed by atoms with E-state index in [2.05, 4.69) is 16.4 Å². The van der Waals surface area contributed by atoms with Crippen molar-refractivity contribution in [3.8, 4) is 0 Å². The zero-order chi connectivity index (χ0) is 11.8. The lowest BCUT2D eigenvalue weighted by atomic mass is 10.2. The Labute approximate surface area is 87.0 Å². The second-order valence-corrected chi connectivity index (χ2v) is 2.82. The second kappa shape index (κ2) is 6.97. The molecule has 1 atom stereocenters. The summed E-state index contributed by atoms with van der Waals surface area (Å²) in [6.07, 6.45) is -0.105. The van der Waals surface area contributed by atoms with Crippen LogP contribution in [0.25, 0.3) is 0 Å². The minimum absolute atomic E-state index is 0.215. The van der Waals surface area contributed by atoms with E-state index < -0.39 is 23.6 Å². The average Bonchev–Trinajstić information content (AvgIpc) is 2.16. The predicted octanol–water partition coefficient (Wildman–Crippen LogP) is 0.829. The molecule has 0 rings (SSSR count). The van der Waals surface area contributed by atoms with Crippen molar-refractivity contribution >= 4 is 11.9 Å². The van der Waals surface area contributed by atoms with Crippen LogP contribution in [0.15, 0.2) is 12.2 Å². The van der Waals surface area contributed by atoms with Gasteiger partial charge in [0.05, 0.1) is 12.2 Å². The maximum atomic E-state index is 10.6. The topological polar surface area (TPSA) is 93.1 Å². The number of carboxylic acid groups (broad SMARTS) is 2. The summed E-state index contributed by atoms with van der Waals surface area (Å²) in [5.74, 6) is -2.87. The highest BCUT2D eigenvalue weighted by atomic mass is 17.2. The first-order valence-electron chi connectivity index (χ1n) is 4.43. The fraction of sp³-hybridized carbons (Fsp3) is 0.556. The maximum absolute atomic E-state index is 10.6. The van der Waals surface area contributed by atoms with Gasteiger partial charge in [-0.05, 0) is 6.42 Å². The summed E-state index contributed by atoms with van der Waals surface area (Å²) in [7, 11) is 0. The highest BCUT2D eigenvalue weighted by Gasteiger charge is 2.27. The van der Waals surface area contributed by atoms with Crippen LogP contribution in [0, 0.1) is 0 Å². The molecule has 0 fully saturated rings. The van der Waals surface area contributed by atoms with Gasteiger partial charge < -0.3 is 10.2 Å². The molecule has 1 unspecified atom stereocenters. The Balaban J connectivity index is 4.12. The molecule has 6 nitrogen and oxygen atoms in total. The molecule has 0 aromatic rings. The number of rotatable bonds is 8. The van der Waals surface area contributed by atoms with Crippen molar-refractivity contribution in [1.82, 2.24) is 0 Å². The summed E-state index contributed by atoms with van der Waals surface area (Å²) in [5, 5.41) is 17.1. The minimum Gasteiger partial charge on any atom is -0.479 e. The van der Waals surface area contributed by atoms with Crippen molar-refractivity contribution in [2.45, 2.75) is 25.9 Å². The number of hydrogen-bond acceptors (Lipinski definition) is 4. The fourth-order valence-corrected chi connectivity index (χ4v) is 0.680. The van der Waals surface area contributed by atoms with Crippen LogP contribution in [-0.4, -0.2) is 34.9 Å². The SMILES string of the molecule is C=C(C(=O)O)C(OOCCCC)C(=O)O. The molecule has 0 spiro atoms. The molecule has 0 heterocycles. The number of unbranched alkanes of at least 4 members (excludes halogenated alkanes) is 1. The maximum Gasteiger partial charge on any atom is 0.341 e. The smallest absolute Gasteiger partial charge is 0.341 e. The van der Waals surface area contributed by atoms with Gasteiger partial charge in [-0.3, -0.25) is 0 Å². The van der Waals surface area contributed by atoms with E-state index in [9.17, 15) is 9.59 Å². The van der Waals surface area contributed by atoms with Gasteiger partial charge in [0.25, 0.3) is 0 Å². The summed E-state index contributed by atoms with van der Waals surface area (Å²) < 4.78 is 0. The van der Waals surface area contributed by atoms with Crippen LogP contribution < -0.4 is 0 Å². The van der Waals surface area contributed by atoms with Gasteiger partial charge in [0.15, 0.2) is 0 Å². The van der Waals surface area contributed by atoms with Gasteiger partial charge in [-0.25, -0.2) is 19.4 Å². The normalized spacial score (nSPS) is 12.1. The van der Waals surface area contributed by atoms with Crippen LogP contribution in [0.3, 0.4) is 0 Å². The van der Waals surface area contributed by atoms with Crippen LogP contribution in [0.1, 0.15) is 19.8 Å². The summed E-state index contributed by atoms with van der Waals surface area (Å²) in [4.78, 5) is 30.0. The Morgan fingerprint density at radius 2 is 2.00 bits per heavy atom. The van der Waals surface area contributed by atoms with Gasteiger partial charge in [0.1, 0.15) is 0 Å². The highest BCUT2D eigenvalue weighted by Crippen LogP contribution is 2.06. The molecule has 0 saturated heterocycles. The molecule has 0 bridgehead atoms. The van der Waals surface area contributed by atoms with E-state index in [1.54, 1.807) is 0 Å². The third kappa shape index (κ3) is 5.14. The van der Waals surface area contributed by atoms with Crippen molar-refractivity contribution < 1.29 is 29.6 Å². The van der Waals surface area contributed by atoms with E-state index in [0.29, 0.717) is 6.42 Å². The first-order valence-corrected chi connectivity index (χ1v) is 4.43. The first kappa shape index (κ1) is 13.6. The number of carbonyl (C=O) groups is 2. The van der Waals surface area contributed by atoms with Crippen LogP contribution in [-0.2, 0) is 19.4 Å². The molecule has 2 N–H and O–H groups in total. The fourth-order valence-electron chi connectivity index (χ4n) is 0.680. The van der Waals surface area contributed by atoms with E-state index in [1.807, 2.05) is 6.92 Å². The molecule has 0 amide bonds. The second-order valence-electron chi connectivity index (χ2n) is 2.82. The molecule has 0 aliphatic rings. The van der Waals surface area contributed by atoms with E-state index in [-0.39, 0.29) is 6.61 Å². The number of hydrogen-bond donors (Lipinski definition) is 2. The Bertz CT molecular complexity index is 247. The Hall–Kier alpha value is -1.40. The van der Waals surface area contributed by atoms with Crippen LogP contribution in [0.4, 0.5) is 0 Å². The molecule has 0 aromatic carbocycles. The predicted molar refractivity (Wildman–Crippen MR) is 50.1 cm³/mol. The molecule has 0 saturated carbocycles. The Morgan fingerprint density at radius 1 is 1.40 bits per heavy atom. The first-order chi connectivity index (χ1) is 7.00. The van der Waals surface area contributed by atoms with Crippen molar-refractivity contribution in [2.24, 2.45) is 0 Å². The van der Waals surface area contributed by atoms with Crippen LogP contribution in [0.5, 0.6) is 0 Å². The van der Waals surface area contributed by atoms with Gasteiger partial charge in [-0.15, -0.1) is 0 Å². The summed E-state index contributed by atoms with van der Waals surface area (Å²) in [6.45, 7) is 5.23. The van der Waals surface area contributed by atoms with Crippen LogP contribution >= 0.6 is 0 Å². The monoisotopic (exact) mass is 218 g/mol. The summed E-state index contributed by atoms with van der Waals surface area (Å²) in [5.41, 5.74) is -0.570.